The predicted molar refractivity (Wildman–Crippen MR) is 74.4 cm³/mol. The minimum atomic E-state index is -1.02. The molecule has 0 atom stereocenters. The van der Waals surface area contributed by atoms with Crippen molar-refractivity contribution >= 4 is 12.0 Å². The number of aromatic carboxylic acids is 1. The molecule has 0 aliphatic carbocycles. The molecule has 0 saturated heterocycles. The van der Waals surface area contributed by atoms with Crippen LogP contribution in [0.3, 0.4) is 0 Å². The molecule has 0 fully saturated rings. The van der Waals surface area contributed by atoms with Crippen molar-refractivity contribution in [2.45, 2.75) is 6.42 Å². The molecule has 0 unspecified atom stereocenters. The number of phenolic OH excluding ortho intramolecular Hbond substituents is 1. The van der Waals surface area contributed by atoms with Gasteiger partial charge in [-0.05, 0) is 23.3 Å². The van der Waals surface area contributed by atoms with E-state index in [1.165, 1.54) is 18.2 Å². The molecule has 0 radical (unpaired) electrons. The molecule has 2 N–H and O–H groups in total. The molecule has 0 amide bonds. The molecule has 3 nitrogen and oxygen atoms in total. The Morgan fingerprint density at radius 2 is 1.84 bits per heavy atom. The van der Waals surface area contributed by atoms with Gasteiger partial charge in [-0.2, -0.15) is 0 Å². The molecular weight excluding hydrogens is 240 g/mol. The SMILES string of the molecule is C=Cc1c(C(=O)O)ccc(O)c1Cc1ccccc1. The molecule has 2 aromatic rings. The number of rotatable bonds is 4. The summed E-state index contributed by atoms with van der Waals surface area (Å²) in [4.78, 5) is 11.2. The summed E-state index contributed by atoms with van der Waals surface area (Å²) in [6.45, 7) is 3.64. The van der Waals surface area contributed by atoms with Gasteiger partial charge in [-0.25, -0.2) is 4.79 Å². The van der Waals surface area contributed by atoms with Crippen LogP contribution in [0.1, 0.15) is 27.0 Å². The van der Waals surface area contributed by atoms with Gasteiger partial charge in [0.05, 0.1) is 5.56 Å². The first kappa shape index (κ1) is 12.9. The smallest absolute Gasteiger partial charge is 0.336 e. The maximum absolute atomic E-state index is 11.2. The molecule has 0 aliphatic rings. The summed E-state index contributed by atoms with van der Waals surface area (Å²) in [6, 6.07) is 12.4. The number of phenols is 1. The Morgan fingerprint density at radius 3 is 2.42 bits per heavy atom. The Kier molecular flexibility index (Phi) is 3.66. The van der Waals surface area contributed by atoms with E-state index in [0.717, 1.165) is 5.56 Å². The number of aromatic hydroxyl groups is 1. The van der Waals surface area contributed by atoms with Crippen molar-refractivity contribution in [3.8, 4) is 5.75 Å². The van der Waals surface area contributed by atoms with Gasteiger partial charge < -0.3 is 10.2 Å². The van der Waals surface area contributed by atoms with Crippen molar-refractivity contribution in [1.29, 1.82) is 0 Å². The maximum Gasteiger partial charge on any atom is 0.336 e. The molecule has 0 aliphatic heterocycles. The van der Waals surface area contributed by atoms with Crippen molar-refractivity contribution in [3.05, 3.63) is 71.3 Å². The summed E-state index contributed by atoms with van der Waals surface area (Å²) in [7, 11) is 0. The molecular formula is C16H14O3. The third kappa shape index (κ3) is 2.65. The van der Waals surface area contributed by atoms with E-state index in [4.69, 9.17) is 5.11 Å². The average molecular weight is 254 g/mol. The minimum absolute atomic E-state index is 0.0868. The molecule has 2 aromatic carbocycles. The molecule has 0 heterocycles. The van der Waals surface area contributed by atoms with Gasteiger partial charge in [0.2, 0.25) is 0 Å². The Hall–Kier alpha value is -2.55. The Bertz CT molecular complexity index is 615. The molecule has 0 spiro atoms. The van der Waals surface area contributed by atoms with Crippen molar-refractivity contribution in [1.82, 2.24) is 0 Å². The van der Waals surface area contributed by atoms with Gasteiger partial charge in [-0.15, -0.1) is 0 Å². The summed E-state index contributed by atoms with van der Waals surface area (Å²) < 4.78 is 0. The highest BCUT2D eigenvalue weighted by atomic mass is 16.4. The zero-order valence-corrected chi connectivity index (χ0v) is 10.3. The minimum Gasteiger partial charge on any atom is -0.508 e. The van der Waals surface area contributed by atoms with E-state index in [0.29, 0.717) is 17.5 Å². The van der Waals surface area contributed by atoms with Gasteiger partial charge in [0, 0.05) is 12.0 Å². The van der Waals surface area contributed by atoms with E-state index in [1.54, 1.807) is 0 Å². The van der Waals surface area contributed by atoms with Crippen LogP contribution < -0.4 is 0 Å². The maximum atomic E-state index is 11.2. The summed E-state index contributed by atoms with van der Waals surface area (Å²) in [5.74, 6) is -0.937. The van der Waals surface area contributed by atoms with Crippen molar-refractivity contribution in [2.24, 2.45) is 0 Å². The van der Waals surface area contributed by atoms with Gasteiger partial charge in [0.25, 0.3) is 0 Å². The first-order chi connectivity index (χ1) is 9.13. The van der Waals surface area contributed by atoms with Crippen LogP contribution in [0, 0.1) is 0 Å². The van der Waals surface area contributed by atoms with Gasteiger partial charge in [-0.3, -0.25) is 0 Å². The number of carboxylic acid groups (broad SMARTS) is 1. The number of carboxylic acids is 1. The number of hydrogen-bond acceptors (Lipinski definition) is 2. The van der Waals surface area contributed by atoms with Crippen LogP contribution in [0.25, 0.3) is 6.08 Å². The highest BCUT2D eigenvalue weighted by Crippen LogP contribution is 2.28. The van der Waals surface area contributed by atoms with Crippen LogP contribution in [-0.4, -0.2) is 16.2 Å². The Labute approximate surface area is 111 Å². The van der Waals surface area contributed by atoms with Gasteiger partial charge in [0.15, 0.2) is 0 Å². The van der Waals surface area contributed by atoms with Crippen LogP contribution in [0.2, 0.25) is 0 Å². The lowest BCUT2D eigenvalue weighted by Gasteiger charge is -2.11. The Balaban J connectivity index is 2.52. The standard InChI is InChI=1S/C16H14O3/c1-2-12-13(16(18)19)8-9-15(17)14(12)10-11-6-4-3-5-7-11/h2-9,17H,1,10H2,(H,18,19). The van der Waals surface area contributed by atoms with Crippen molar-refractivity contribution in [3.63, 3.8) is 0 Å². The van der Waals surface area contributed by atoms with Crippen molar-refractivity contribution in [2.75, 3.05) is 0 Å². The molecule has 19 heavy (non-hydrogen) atoms. The van der Waals surface area contributed by atoms with E-state index in [1.807, 2.05) is 30.3 Å². The predicted octanol–water partition coefficient (Wildman–Crippen LogP) is 3.32. The second kappa shape index (κ2) is 5.40. The summed E-state index contributed by atoms with van der Waals surface area (Å²) in [5.41, 5.74) is 2.21. The second-order valence-corrected chi connectivity index (χ2v) is 4.20. The van der Waals surface area contributed by atoms with Crippen LogP contribution in [0.15, 0.2) is 49.0 Å². The normalized spacial score (nSPS) is 10.1. The lowest BCUT2D eigenvalue weighted by atomic mass is 9.94. The van der Waals surface area contributed by atoms with Crippen molar-refractivity contribution < 1.29 is 15.0 Å². The monoisotopic (exact) mass is 254 g/mol. The highest BCUT2D eigenvalue weighted by Gasteiger charge is 2.15. The van der Waals surface area contributed by atoms with E-state index >= 15 is 0 Å². The first-order valence-electron chi connectivity index (χ1n) is 5.88. The summed E-state index contributed by atoms with van der Waals surface area (Å²) >= 11 is 0. The quantitative estimate of drug-likeness (QED) is 0.879. The molecule has 0 aromatic heterocycles. The fourth-order valence-electron chi connectivity index (χ4n) is 2.06. The summed E-state index contributed by atoms with van der Waals surface area (Å²) in [6.07, 6.45) is 1.94. The zero-order chi connectivity index (χ0) is 13.8. The lowest BCUT2D eigenvalue weighted by Crippen LogP contribution is -2.03. The van der Waals surface area contributed by atoms with Crippen LogP contribution >= 0.6 is 0 Å². The third-order valence-electron chi connectivity index (χ3n) is 2.99. The van der Waals surface area contributed by atoms with Crippen LogP contribution in [-0.2, 0) is 6.42 Å². The zero-order valence-electron chi connectivity index (χ0n) is 10.3. The fraction of sp³-hybridized carbons (Fsp3) is 0.0625. The van der Waals surface area contributed by atoms with Gasteiger partial charge >= 0.3 is 5.97 Å². The molecule has 3 heteroatoms. The molecule has 2 rings (SSSR count). The Morgan fingerprint density at radius 1 is 1.16 bits per heavy atom. The number of benzene rings is 2. The second-order valence-electron chi connectivity index (χ2n) is 4.20. The van der Waals surface area contributed by atoms with E-state index in [-0.39, 0.29) is 11.3 Å². The lowest BCUT2D eigenvalue weighted by molar-refractivity contribution is 0.0696. The molecule has 0 saturated carbocycles. The number of hydrogen-bond donors (Lipinski definition) is 2. The van der Waals surface area contributed by atoms with Crippen LogP contribution in [0.5, 0.6) is 5.75 Å². The highest BCUT2D eigenvalue weighted by molar-refractivity contribution is 5.93. The summed E-state index contributed by atoms with van der Waals surface area (Å²) in [5, 5.41) is 19.1. The van der Waals surface area contributed by atoms with E-state index < -0.39 is 5.97 Å². The molecule has 96 valence electrons. The first-order valence-corrected chi connectivity index (χ1v) is 5.88. The van der Waals surface area contributed by atoms with Gasteiger partial charge in [0.1, 0.15) is 5.75 Å². The van der Waals surface area contributed by atoms with Gasteiger partial charge in [-0.1, -0.05) is 43.0 Å². The largest absolute Gasteiger partial charge is 0.508 e. The fourth-order valence-corrected chi connectivity index (χ4v) is 2.06. The molecule has 0 bridgehead atoms. The number of carbonyl (C=O) groups is 1. The van der Waals surface area contributed by atoms with E-state index in [2.05, 4.69) is 6.58 Å². The van der Waals surface area contributed by atoms with E-state index in [9.17, 15) is 9.90 Å². The topological polar surface area (TPSA) is 57.5 Å². The van der Waals surface area contributed by atoms with Crippen LogP contribution in [0.4, 0.5) is 0 Å². The average Bonchev–Trinajstić information content (AvgIpc) is 2.41. The third-order valence-corrected chi connectivity index (χ3v) is 2.99.